The van der Waals surface area contributed by atoms with Gasteiger partial charge in [-0.2, -0.15) is 0 Å². The number of methoxy groups -OCH3 is 1. The van der Waals surface area contributed by atoms with E-state index in [1.165, 1.54) is 32.8 Å². The number of nitrogens with zero attached hydrogens (tertiary/aromatic N) is 1. The van der Waals surface area contributed by atoms with E-state index in [0.29, 0.717) is 0 Å². The molecule has 3 nitrogen and oxygen atoms in total. The first kappa shape index (κ1) is 14.3. The molecule has 0 saturated heterocycles. The number of hydrogen-bond acceptors (Lipinski definition) is 2. The Morgan fingerprint density at radius 3 is 1.80 bits per heavy atom. The van der Waals surface area contributed by atoms with Gasteiger partial charge >= 0.3 is 6.09 Å². The summed E-state index contributed by atoms with van der Waals surface area (Å²) < 4.78 is 4.76. The van der Waals surface area contributed by atoms with Gasteiger partial charge in [-0.15, -0.1) is 0 Å². The van der Waals surface area contributed by atoms with Crippen molar-refractivity contribution in [3.63, 3.8) is 0 Å². The minimum absolute atomic E-state index is 0.179. The number of amides is 1. The van der Waals surface area contributed by atoms with Gasteiger partial charge in [-0.3, -0.25) is 0 Å². The second kappa shape index (κ2) is 9.81. The highest BCUT2D eigenvalue weighted by Crippen LogP contribution is 2.04. The van der Waals surface area contributed by atoms with E-state index in [9.17, 15) is 4.79 Å². The molecule has 0 radical (unpaired) electrons. The molecule has 0 aliphatic carbocycles. The van der Waals surface area contributed by atoms with Crippen LogP contribution < -0.4 is 0 Å². The van der Waals surface area contributed by atoms with Crippen LogP contribution >= 0.6 is 0 Å². The quantitative estimate of drug-likeness (QED) is 0.580. The van der Waals surface area contributed by atoms with E-state index < -0.39 is 0 Å². The average molecular weight is 215 g/mol. The van der Waals surface area contributed by atoms with Crippen molar-refractivity contribution < 1.29 is 9.53 Å². The lowest BCUT2D eigenvalue weighted by atomic mass is 10.2. The van der Waals surface area contributed by atoms with Crippen LogP contribution in [0.1, 0.15) is 52.4 Å². The molecule has 15 heavy (non-hydrogen) atoms. The zero-order chi connectivity index (χ0) is 11.5. The lowest BCUT2D eigenvalue weighted by molar-refractivity contribution is 0.122. The predicted molar refractivity (Wildman–Crippen MR) is 63.0 cm³/mol. The Kier molecular flexibility index (Phi) is 9.33. The summed E-state index contributed by atoms with van der Waals surface area (Å²) in [5.41, 5.74) is 0. The molecule has 0 aromatic carbocycles. The third-order valence-electron chi connectivity index (χ3n) is 2.50. The summed E-state index contributed by atoms with van der Waals surface area (Å²) in [7, 11) is 1.45. The molecule has 0 heterocycles. The molecule has 0 aromatic heterocycles. The van der Waals surface area contributed by atoms with Crippen molar-refractivity contribution in [2.45, 2.75) is 52.4 Å². The van der Waals surface area contributed by atoms with Gasteiger partial charge in [0.05, 0.1) is 7.11 Å². The van der Waals surface area contributed by atoms with Crippen molar-refractivity contribution in [2.24, 2.45) is 0 Å². The number of unbranched alkanes of at least 4 members (excludes halogenated alkanes) is 4. The second-order valence-electron chi connectivity index (χ2n) is 3.87. The van der Waals surface area contributed by atoms with Crippen LogP contribution in [0.3, 0.4) is 0 Å². The fraction of sp³-hybridized carbons (Fsp3) is 0.917. The van der Waals surface area contributed by atoms with Gasteiger partial charge in [0.25, 0.3) is 0 Å². The van der Waals surface area contributed by atoms with Crippen LogP contribution in [0.15, 0.2) is 0 Å². The normalized spacial score (nSPS) is 10.1. The number of carbonyl (C=O) groups excluding carboxylic acids is 1. The van der Waals surface area contributed by atoms with Crippen LogP contribution in [0.5, 0.6) is 0 Å². The topological polar surface area (TPSA) is 29.5 Å². The summed E-state index contributed by atoms with van der Waals surface area (Å²) in [4.78, 5) is 13.2. The van der Waals surface area contributed by atoms with Gasteiger partial charge in [0.2, 0.25) is 0 Å². The largest absolute Gasteiger partial charge is 0.453 e. The highest BCUT2D eigenvalue weighted by atomic mass is 16.5. The molecule has 3 heteroatoms. The molecule has 0 saturated carbocycles. The maximum absolute atomic E-state index is 11.4. The van der Waals surface area contributed by atoms with Crippen LogP contribution in [-0.2, 0) is 4.74 Å². The molecular weight excluding hydrogens is 190 g/mol. The molecule has 0 aliphatic rings. The molecular formula is C12H25NO2. The Bertz CT molecular complexity index is 150. The monoisotopic (exact) mass is 215 g/mol. The summed E-state index contributed by atoms with van der Waals surface area (Å²) in [6.45, 7) is 6.01. The number of rotatable bonds is 8. The average Bonchev–Trinajstić information content (AvgIpc) is 2.26. The molecule has 0 N–H and O–H groups in total. The highest BCUT2D eigenvalue weighted by Gasteiger charge is 2.11. The summed E-state index contributed by atoms with van der Waals surface area (Å²) in [5, 5.41) is 0. The van der Waals surface area contributed by atoms with Gasteiger partial charge in [-0.25, -0.2) is 4.79 Å². The Balaban J connectivity index is 3.79. The molecule has 0 aliphatic heterocycles. The third-order valence-corrected chi connectivity index (χ3v) is 2.50. The summed E-state index contributed by atoms with van der Waals surface area (Å²) in [6.07, 6.45) is 6.72. The molecule has 0 unspecified atom stereocenters. The van der Waals surface area contributed by atoms with Crippen molar-refractivity contribution >= 4 is 6.09 Å². The number of carbonyl (C=O) groups is 1. The van der Waals surface area contributed by atoms with Gasteiger partial charge in [-0.1, -0.05) is 39.5 Å². The number of ether oxygens (including phenoxy) is 1. The van der Waals surface area contributed by atoms with Crippen molar-refractivity contribution in [2.75, 3.05) is 20.2 Å². The van der Waals surface area contributed by atoms with Gasteiger partial charge in [0, 0.05) is 13.1 Å². The van der Waals surface area contributed by atoms with Gasteiger partial charge in [0.1, 0.15) is 0 Å². The Hall–Kier alpha value is -0.730. The van der Waals surface area contributed by atoms with E-state index in [0.717, 1.165) is 25.9 Å². The Morgan fingerprint density at radius 1 is 1.00 bits per heavy atom. The predicted octanol–water partition coefficient (Wildman–Crippen LogP) is 3.44. The van der Waals surface area contributed by atoms with Crippen molar-refractivity contribution in [3.05, 3.63) is 0 Å². The molecule has 0 bridgehead atoms. The molecule has 0 fully saturated rings. The van der Waals surface area contributed by atoms with Crippen LogP contribution in [0, 0.1) is 0 Å². The smallest absolute Gasteiger partial charge is 0.409 e. The fourth-order valence-electron chi connectivity index (χ4n) is 1.53. The lowest BCUT2D eigenvalue weighted by Gasteiger charge is -2.20. The van der Waals surface area contributed by atoms with Gasteiger partial charge in [0.15, 0.2) is 0 Å². The maximum atomic E-state index is 11.4. The minimum Gasteiger partial charge on any atom is -0.453 e. The first-order valence-corrected chi connectivity index (χ1v) is 6.09. The standard InChI is InChI=1S/C12H25NO2/c1-4-6-8-10-13(12(14)15-3)11-9-7-5-2/h4-11H2,1-3H3. The van der Waals surface area contributed by atoms with E-state index in [1.54, 1.807) is 0 Å². The summed E-state index contributed by atoms with van der Waals surface area (Å²) >= 11 is 0. The van der Waals surface area contributed by atoms with Gasteiger partial charge in [-0.05, 0) is 12.8 Å². The van der Waals surface area contributed by atoms with Crippen LogP contribution in [0.2, 0.25) is 0 Å². The second-order valence-corrected chi connectivity index (χ2v) is 3.87. The molecule has 0 spiro atoms. The van der Waals surface area contributed by atoms with Crippen molar-refractivity contribution in [1.29, 1.82) is 0 Å². The Labute approximate surface area is 93.8 Å². The molecule has 0 atom stereocenters. The van der Waals surface area contributed by atoms with Crippen LogP contribution in [-0.4, -0.2) is 31.2 Å². The van der Waals surface area contributed by atoms with Crippen LogP contribution in [0.25, 0.3) is 0 Å². The maximum Gasteiger partial charge on any atom is 0.409 e. The molecule has 0 aromatic rings. The summed E-state index contributed by atoms with van der Waals surface area (Å²) in [5.74, 6) is 0. The minimum atomic E-state index is -0.179. The summed E-state index contributed by atoms with van der Waals surface area (Å²) in [6, 6.07) is 0. The first-order valence-electron chi connectivity index (χ1n) is 6.09. The lowest BCUT2D eigenvalue weighted by Crippen LogP contribution is -2.32. The highest BCUT2D eigenvalue weighted by molar-refractivity contribution is 5.67. The molecule has 90 valence electrons. The number of hydrogen-bond donors (Lipinski definition) is 0. The third kappa shape index (κ3) is 7.23. The van der Waals surface area contributed by atoms with Crippen molar-refractivity contribution in [3.8, 4) is 0 Å². The fourth-order valence-corrected chi connectivity index (χ4v) is 1.53. The first-order chi connectivity index (χ1) is 7.26. The Morgan fingerprint density at radius 2 is 1.47 bits per heavy atom. The zero-order valence-electron chi connectivity index (χ0n) is 10.4. The zero-order valence-corrected chi connectivity index (χ0v) is 10.4. The SMILES string of the molecule is CCCCCN(CCCCC)C(=O)OC. The van der Waals surface area contributed by atoms with E-state index in [2.05, 4.69) is 13.8 Å². The van der Waals surface area contributed by atoms with E-state index in [4.69, 9.17) is 4.74 Å². The van der Waals surface area contributed by atoms with E-state index in [-0.39, 0.29) is 6.09 Å². The van der Waals surface area contributed by atoms with E-state index in [1.807, 2.05) is 4.90 Å². The molecule has 1 amide bonds. The van der Waals surface area contributed by atoms with Crippen molar-refractivity contribution in [1.82, 2.24) is 4.90 Å². The van der Waals surface area contributed by atoms with Gasteiger partial charge < -0.3 is 9.64 Å². The van der Waals surface area contributed by atoms with Crippen LogP contribution in [0.4, 0.5) is 4.79 Å². The van der Waals surface area contributed by atoms with E-state index >= 15 is 0 Å². The molecule has 0 rings (SSSR count).